The van der Waals surface area contributed by atoms with Gasteiger partial charge in [-0.1, -0.05) is 0 Å². The fraction of sp³-hybridized carbons (Fsp3) is 0.385. The van der Waals surface area contributed by atoms with Gasteiger partial charge in [-0.2, -0.15) is 13.2 Å². The van der Waals surface area contributed by atoms with E-state index in [0.29, 0.717) is 0 Å². The number of amides is 1. The van der Waals surface area contributed by atoms with Crippen molar-refractivity contribution in [2.75, 3.05) is 13.2 Å². The molecule has 0 saturated carbocycles. The van der Waals surface area contributed by atoms with E-state index < -0.39 is 36.4 Å². The Morgan fingerprint density at radius 3 is 2.29 bits per heavy atom. The first-order valence-electron chi connectivity index (χ1n) is 6.70. The van der Waals surface area contributed by atoms with Gasteiger partial charge >= 0.3 is 6.18 Å². The second-order valence-electron chi connectivity index (χ2n) is 5.28. The Balaban J connectivity index is 2.17. The van der Waals surface area contributed by atoms with E-state index >= 15 is 0 Å². The lowest BCUT2D eigenvalue weighted by Crippen LogP contribution is -2.52. The van der Waals surface area contributed by atoms with E-state index in [4.69, 9.17) is 10.2 Å². The van der Waals surface area contributed by atoms with Gasteiger partial charge in [0.05, 0.1) is 30.0 Å². The maximum Gasteiger partial charge on any atom is 0.416 e. The molecular weight excluding hydrogens is 331 g/mol. The maximum atomic E-state index is 12.5. The van der Waals surface area contributed by atoms with Gasteiger partial charge in [-0.3, -0.25) is 4.79 Å². The first kappa shape index (κ1) is 17.8. The lowest BCUT2D eigenvalue weighted by Gasteiger charge is -2.25. The summed E-state index contributed by atoms with van der Waals surface area (Å²) in [6.07, 6.45) is -4.46. The Morgan fingerprint density at radius 2 is 1.79 bits per heavy atom. The predicted molar refractivity (Wildman–Crippen MR) is 74.2 cm³/mol. The van der Waals surface area contributed by atoms with E-state index in [9.17, 15) is 18.0 Å². The summed E-state index contributed by atoms with van der Waals surface area (Å²) >= 11 is 0. The highest BCUT2D eigenvalue weighted by Gasteiger charge is 2.30. The van der Waals surface area contributed by atoms with Gasteiger partial charge in [0, 0.05) is 0 Å². The van der Waals surface area contributed by atoms with Crippen molar-refractivity contribution in [1.82, 2.24) is 25.5 Å². The number of halogens is 3. The number of alkyl halides is 3. The molecule has 1 aromatic heterocycles. The topological polar surface area (TPSA) is 113 Å². The molecule has 0 spiro atoms. The van der Waals surface area contributed by atoms with Gasteiger partial charge < -0.3 is 15.5 Å². The van der Waals surface area contributed by atoms with Gasteiger partial charge in [0.1, 0.15) is 0 Å². The number of tetrazole rings is 1. The number of aliphatic hydroxyl groups excluding tert-OH is 2. The zero-order valence-electron chi connectivity index (χ0n) is 12.4. The highest BCUT2D eigenvalue weighted by molar-refractivity contribution is 5.90. The number of nitrogens with one attached hydrogen (secondary N) is 1. The molecule has 1 heterocycles. The second kappa shape index (κ2) is 6.53. The molecule has 0 bridgehead atoms. The summed E-state index contributed by atoms with van der Waals surface area (Å²) in [6, 6.07) is 3.98. The summed E-state index contributed by atoms with van der Waals surface area (Å²) < 4.78 is 37.5. The third-order valence-electron chi connectivity index (χ3n) is 3.16. The number of carbonyl (C=O) groups is 1. The van der Waals surface area contributed by atoms with Gasteiger partial charge in [-0.15, -0.1) is 15.0 Å². The van der Waals surface area contributed by atoms with E-state index in [1.807, 2.05) is 0 Å². The third kappa shape index (κ3) is 3.86. The van der Waals surface area contributed by atoms with E-state index in [2.05, 4.69) is 20.7 Å². The average molecular weight is 345 g/mol. The molecule has 0 unspecified atom stereocenters. The lowest BCUT2D eigenvalue weighted by atomic mass is 10.1. The van der Waals surface area contributed by atoms with Crippen LogP contribution in [0.4, 0.5) is 13.2 Å². The van der Waals surface area contributed by atoms with Crippen molar-refractivity contribution in [2.45, 2.75) is 18.6 Å². The summed E-state index contributed by atoms with van der Waals surface area (Å²) in [5.74, 6) is -1.15. The molecular formula is C13H14F3N5O3. The smallest absolute Gasteiger partial charge is 0.394 e. The first-order chi connectivity index (χ1) is 11.2. The monoisotopic (exact) mass is 345 g/mol. The van der Waals surface area contributed by atoms with Gasteiger partial charge in [0.2, 0.25) is 0 Å². The second-order valence-corrected chi connectivity index (χ2v) is 5.28. The van der Waals surface area contributed by atoms with E-state index in [-0.39, 0.29) is 11.5 Å². The first-order valence-corrected chi connectivity index (χ1v) is 6.70. The van der Waals surface area contributed by atoms with Crippen LogP contribution in [0.2, 0.25) is 0 Å². The lowest BCUT2D eigenvalue weighted by molar-refractivity contribution is -0.137. The van der Waals surface area contributed by atoms with Crippen LogP contribution in [-0.4, -0.2) is 55.1 Å². The van der Waals surface area contributed by atoms with E-state index in [1.165, 1.54) is 6.92 Å². The van der Waals surface area contributed by atoms with Crippen LogP contribution < -0.4 is 5.32 Å². The zero-order valence-corrected chi connectivity index (χ0v) is 12.4. The molecule has 0 saturated heterocycles. The summed E-state index contributed by atoms with van der Waals surface area (Å²) in [7, 11) is 0. The van der Waals surface area contributed by atoms with Crippen molar-refractivity contribution < 1.29 is 28.2 Å². The summed E-state index contributed by atoms with van der Waals surface area (Å²) in [6.45, 7) is 0.385. The number of hydrogen-bond acceptors (Lipinski definition) is 6. The molecule has 3 N–H and O–H groups in total. The quantitative estimate of drug-likeness (QED) is 0.711. The van der Waals surface area contributed by atoms with Crippen LogP contribution in [0.1, 0.15) is 23.1 Å². The van der Waals surface area contributed by atoms with Crippen molar-refractivity contribution in [3.05, 3.63) is 35.7 Å². The Bertz CT molecular complexity index is 710. The third-order valence-corrected chi connectivity index (χ3v) is 3.16. The molecule has 0 atom stereocenters. The van der Waals surface area contributed by atoms with E-state index in [1.54, 1.807) is 0 Å². The molecule has 2 rings (SSSR count). The number of benzene rings is 1. The van der Waals surface area contributed by atoms with Crippen LogP contribution in [0.15, 0.2) is 24.3 Å². The minimum Gasteiger partial charge on any atom is -0.394 e. The Morgan fingerprint density at radius 1 is 1.21 bits per heavy atom. The highest BCUT2D eigenvalue weighted by Crippen LogP contribution is 2.29. The van der Waals surface area contributed by atoms with Crippen LogP contribution in [0.3, 0.4) is 0 Å². The molecule has 130 valence electrons. The number of nitrogens with zero attached hydrogens (tertiary/aromatic N) is 4. The molecule has 0 aliphatic carbocycles. The number of aromatic nitrogens is 4. The van der Waals surface area contributed by atoms with Gasteiger partial charge in [-0.25, -0.2) is 0 Å². The molecule has 24 heavy (non-hydrogen) atoms. The maximum absolute atomic E-state index is 12.5. The summed E-state index contributed by atoms with van der Waals surface area (Å²) in [5.41, 5.74) is -1.91. The van der Waals surface area contributed by atoms with Crippen molar-refractivity contribution in [2.24, 2.45) is 0 Å². The van der Waals surface area contributed by atoms with Crippen molar-refractivity contribution in [3.8, 4) is 5.69 Å². The molecule has 8 nitrogen and oxygen atoms in total. The molecule has 2 aromatic rings. The Hall–Kier alpha value is -2.53. The molecule has 0 radical (unpaired) electrons. The summed E-state index contributed by atoms with van der Waals surface area (Å²) in [4.78, 5) is 12.8. The van der Waals surface area contributed by atoms with Gasteiger partial charge in [0.25, 0.3) is 11.7 Å². The molecule has 0 aliphatic rings. The van der Waals surface area contributed by atoms with Crippen molar-refractivity contribution >= 4 is 5.91 Å². The predicted octanol–water partition coefficient (Wildman–Crippen LogP) is 0.154. The highest BCUT2D eigenvalue weighted by atomic mass is 19.4. The Labute approximate surface area is 133 Å². The molecule has 0 aliphatic heterocycles. The van der Waals surface area contributed by atoms with Crippen molar-refractivity contribution in [1.29, 1.82) is 0 Å². The largest absolute Gasteiger partial charge is 0.416 e. The minimum absolute atomic E-state index is 0.182. The molecule has 1 aromatic carbocycles. The van der Waals surface area contributed by atoms with Crippen LogP contribution in [-0.2, 0) is 6.18 Å². The number of aliphatic hydroxyl groups is 2. The minimum atomic E-state index is -4.46. The van der Waals surface area contributed by atoms with Gasteiger partial charge in [-0.05, 0) is 36.4 Å². The Kier molecular flexibility index (Phi) is 4.85. The van der Waals surface area contributed by atoms with Gasteiger partial charge in [0.15, 0.2) is 0 Å². The van der Waals surface area contributed by atoms with Crippen LogP contribution >= 0.6 is 0 Å². The number of carbonyl (C=O) groups excluding carboxylic acids is 1. The van der Waals surface area contributed by atoms with Crippen LogP contribution in [0.5, 0.6) is 0 Å². The number of hydrogen-bond donors (Lipinski definition) is 3. The SMILES string of the molecule is CC(CO)(CO)NC(=O)c1nnn(-c2ccc(C(F)(F)F)cc2)n1. The molecule has 1 amide bonds. The molecule has 0 fully saturated rings. The fourth-order valence-corrected chi connectivity index (χ4v) is 1.66. The normalized spacial score (nSPS) is 12.2. The van der Waals surface area contributed by atoms with E-state index in [0.717, 1.165) is 29.1 Å². The van der Waals surface area contributed by atoms with Crippen LogP contribution in [0, 0.1) is 0 Å². The molecule has 11 heteroatoms. The zero-order chi connectivity index (χ0) is 18.0. The van der Waals surface area contributed by atoms with Crippen LogP contribution in [0.25, 0.3) is 5.69 Å². The standard InChI is InChI=1S/C13H14F3N5O3/c1-12(6-22,7-23)17-11(24)10-18-20-21(19-10)9-4-2-8(3-5-9)13(14,15)16/h2-5,22-23H,6-7H2,1H3,(H,17,24). The van der Waals surface area contributed by atoms with Crippen molar-refractivity contribution in [3.63, 3.8) is 0 Å². The fourth-order valence-electron chi connectivity index (χ4n) is 1.66. The number of rotatable bonds is 5. The summed E-state index contributed by atoms with van der Waals surface area (Å²) in [5, 5.41) is 31.4. The average Bonchev–Trinajstić information content (AvgIpc) is 3.04.